The summed E-state index contributed by atoms with van der Waals surface area (Å²) in [4.78, 5) is 2.51. The summed E-state index contributed by atoms with van der Waals surface area (Å²) in [5.41, 5.74) is 2.02. The summed E-state index contributed by atoms with van der Waals surface area (Å²) in [7, 11) is 0. The molecule has 0 aromatic heterocycles. The van der Waals surface area contributed by atoms with E-state index in [4.69, 9.17) is 5.26 Å². The second kappa shape index (κ2) is 8.04. The smallest absolute Gasteiger partial charge is 0.0991 e. The van der Waals surface area contributed by atoms with Gasteiger partial charge >= 0.3 is 0 Å². The fraction of sp³-hybridized carbons (Fsp3) is 0.588. The summed E-state index contributed by atoms with van der Waals surface area (Å²) in [5.74, 6) is 0.836. The molecule has 0 saturated carbocycles. The molecule has 2 rings (SSSR count). The Bertz CT molecular complexity index is 442. The standard InChI is InChI=1S/C17H25N3/c1-2-8-19-13-15-6-9-20(10-7-15)14-17-5-3-4-16(11-17)12-18/h3-5,11,15,19H,2,6-10,13-14H2,1H3. The first-order valence-corrected chi connectivity index (χ1v) is 7.74. The van der Waals surface area contributed by atoms with Crippen molar-refractivity contribution in [2.45, 2.75) is 32.7 Å². The molecule has 1 aliphatic rings. The average molecular weight is 271 g/mol. The van der Waals surface area contributed by atoms with Gasteiger partial charge in [0.2, 0.25) is 0 Å². The number of likely N-dealkylation sites (tertiary alicyclic amines) is 1. The maximum atomic E-state index is 8.93. The largest absolute Gasteiger partial charge is 0.316 e. The van der Waals surface area contributed by atoms with Gasteiger partial charge in [0.1, 0.15) is 0 Å². The topological polar surface area (TPSA) is 39.1 Å². The second-order valence-electron chi connectivity index (χ2n) is 5.74. The number of piperidine rings is 1. The van der Waals surface area contributed by atoms with Gasteiger partial charge in [-0.25, -0.2) is 0 Å². The van der Waals surface area contributed by atoms with Crippen LogP contribution in [0.15, 0.2) is 24.3 Å². The lowest BCUT2D eigenvalue weighted by Gasteiger charge is -2.32. The lowest BCUT2D eigenvalue weighted by atomic mass is 9.96. The molecule has 1 saturated heterocycles. The minimum absolute atomic E-state index is 0.765. The van der Waals surface area contributed by atoms with Crippen molar-refractivity contribution in [2.24, 2.45) is 5.92 Å². The molecular formula is C17H25N3. The van der Waals surface area contributed by atoms with Gasteiger partial charge in [-0.2, -0.15) is 5.26 Å². The van der Waals surface area contributed by atoms with E-state index in [0.29, 0.717) is 0 Å². The third-order valence-corrected chi connectivity index (χ3v) is 4.03. The number of hydrogen-bond donors (Lipinski definition) is 1. The zero-order valence-electron chi connectivity index (χ0n) is 12.4. The Labute approximate surface area is 122 Å². The quantitative estimate of drug-likeness (QED) is 0.809. The molecular weight excluding hydrogens is 246 g/mol. The molecule has 1 aromatic rings. The number of rotatable bonds is 6. The molecule has 1 N–H and O–H groups in total. The van der Waals surface area contributed by atoms with Crippen LogP contribution in [0.25, 0.3) is 0 Å². The van der Waals surface area contributed by atoms with E-state index in [1.165, 1.54) is 44.5 Å². The summed E-state index contributed by atoms with van der Waals surface area (Å²) < 4.78 is 0. The molecule has 0 atom stereocenters. The van der Waals surface area contributed by atoms with E-state index in [1.807, 2.05) is 18.2 Å². The molecule has 0 unspecified atom stereocenters. The first-order valence-electron chi connectivity index (χ1n) is 7.74. The fourth-order valence-electron chi connectivity index (χ4n) is 2.83. The van der Waals surface area contributed by atoms with Crippen LogP contribution in [0, 0.1) is 17.2 Å². The van der Waals surface area contributed by atoms with Crippen molar-refractivity contribution in [3.8, 4) is 6.07 Å². The van der Waals surface area contributed by atoms with Crippen LogP contribution in [-0.4, -0.2) is 31.1 Å². The molecule has 0 amide bonds. The number of benzene rings is 1. The Kier molecular flexibility index (Phi) is 6.04. The first kappa shape index (κ1) is 15.0. The third-order valence-electron chi connectivity index (χ3n) is 4.03. The number of hydrogen-bond acceptors (Lipinski definition) is 3. The molecule has 0 spiro atoms. The zero-order chi connectivity index (χ0) is 14.2. The van der Waals surface area contributed by atoms with E-state index >= 15 is 0 Å². The van der Waals surface area contributed by atoms with Gasteiger partial charge in [0.05, 0.1) is 11.6 Å². The lowest BCUT2D eigenvalue weighted by molar-refractivity contribution is 0.175. The van der Waals surface area contributed by atoms with Crippen molar-refractivity contribution < 1.29 is 0 Å². The van der Waals surface area contributed by atoms with Crippen molar-refractivity contribution in [1.82, 2.24) is 10.2 Å². The SMILES string of the molecule is CCCNCC1CCN(Cc2cccc(C#N)c2)CC1. The highest BCUT2D eigenvalue weighted by molar-refractivity contribution is 5.32. The van der Waals surface area contributed by atoms with E-state index in [1.54, 1.807) is 0 Å². The predicted molar refractivity (Wildman–Crippen MR) is 82.3 cm³/mol. The lowest BCUT2D eigenvalue weighted by Crippen LogP contribution is -2.37. The molecule has 3 heteroatoms. The molecule has 1 heterocycles. The molecule has 20 heavy (non-hydrogen) atoms. The highest BCUT2D eigenvalue weighted by Gasteiger charge is 2.18. The molecule has 1 aliphatic heterocycles. The molecule has 0 bridgehead atoms. The first-order chi connectivity index (χ1) is 9.81. The van der Waals surface area contributed by atoms with E-state index < -0.39 is 0 Å². The van der Waals surface area contributed by atoms with Crippen LogP contribution in [0.2, 0.25) is 0 Å². The second-order valence-corrected chi connectivity index (χ2v) is 5.74. The minimum atomic E-state index is 0.765. The highest BCUT2D eigenvalue weighted by Crippen LogP contribution is 2.18. The maximum absolute atomic E-state index is 8.93. The van der Waals surface area contributed by atoms with Gasteiger partial charge in [-0.15, -0.1) is 0 Å². The van der Waals surface area contributed by atoms with Gasteiger partial charge in [-0.3, -0.25) is 4.90 Å². The zero-order valence-corrected chi connectivity index (χ0v) is 12.4. The molecule has 0 radical (unpaired) electrons. The van der Waals surface area contributed by atoms with Gasteiger partial charge < -0.3 is 5.32 Å². The summed E-state index contributed by atoms with van der Waals surface area (Å²) >= 11 is 0. The van der Waals surface area contributed by atoms with Gasteiger partial charge in [-0.05, 0) is 69.1 Å². The van der Waals surface area contributed by atoms with Gasteiger partial charge in [0.15, 0.2) is 0 Å². The summed E-state index contributed by atoms with van der Waals surface area (Å²) in [6.45, 7) is 7.85. The fourth-order valence-corrected chi connectivity index (χ4v) is 2.83. The van der Waals surface area contributed by atoms with Crippen LogP contribution in [0.1, 0.15) is 37.3 Å². The van der Waals surface area contributed by atoms with E-state index in [-0.39, 0.29) is 0 Å². The Morgan fingerprint density at radius 2 is 2.15 bits per heavy atom. The number of nitriles is 1. The van der Waals surface area contributed by atoms with Crippen molar-refractivity contribution in [3.05, 3.63) is 35.4 Å². The van der Waals surface area contributed by atoms with Crippen molar-refractivity contribution in [2.75, 3.05) is 26.2 Å². The summed E-state index contributed by atoms with van der Waals surface area (Å²) in [6.07, 6.45) is 3.79. The molecule has 0 aliphatic carbocycles. The van der Waals surface area contributed by atoms with Crippen LogP contribution in [-0.2, 0) is 6.54 Å². The average Bonchev–Trinajstić information content (AvgIpc) is 2.49. The molecule has 1 aromatic carbocycles. The number of nitrogens with zero attached hydrogens (tertiary/aromatic N) is 2. The van der Waals surface area contributed by atoms with Crippen LogP contribution in [0.5, 0.6) is 0 Å². The van der Waals surface area contributed by atoms with E-state index in [0.717, 1.165) is 24.6 Å². The summed E-state index contributed by atoms with van der Waals surface area (Å²) in [5, 5.41) is 12.5. The Hall–Kier alpha value is -1.37. The van der Waals surface area contributed by atoms with Crippen LogP contribution < -0.4 is 5.32 Å². The number of nitrogens with one attached hydrogen (secondary N) is 1. The monoisotopic (exact) mass is 271 g/mol. The summed E-state index contributed by atoms with van der Waals surface area (Å²) in [6, 6.07) is 10.2. The molecule has 1 fully saturated rings. The normalized spacial score (nSPS) is 17.0. The van der Waals surface area contributed by atoms with Crippen molar-refractivity contribution in [1.29, 1.82) is 5.26 Å². The maximum Gasteiger partial charge on any atom is 0.0991 e. The van der Waals surface area contributed by atoms with Crippen molar-refractivity contribution >= 4 is 0 Å². The molecule has 3 nitrogen and oxygen atoms in total. The van der Waals surface area contributed by atoms with E-state index in [2.05, 4.69) is 29.3 Å². The Balaban J connectivity index is 1.75. The van der Waals surface area contributed by atoms with Gasteiger partial charge in [-0.1, -0.05) is 19.1 Å². The Morgan fingerprint density at radius 3 is 2.85 bits per heavy atom. The highest BCUT2D eigenvalue weighted by atomic mass is 15.1. The van der Waals surface area contributed by atoms with Crippen LogP contribution in [0.3, 0.4) is 0 Å². The van der Waals surface area contributed by atoms with Crippen LogP contribution in [0.4, 0.5) is 0 Å². The molecule has 108 valence electrons. The van der Waals surface area contributed by atoms with Gasteiger partial charge in [0.25, 0.3) is 0 Å². The predicted octanol–water partition coefficient (Wildman–Crippen LogP) is 2.77. The van der Waals surface area contributed by atoms with Crippen molar-refractivity contribution in [3.63, 3.8) is 0 Å². The van der Waals surface area contributed by atoms with E-state index in [9.17, 15) is 0 Å². The van der Waals surface area contributed by atoms with Crippen LogP contribution >= 0.6 is 0 Å². The third kappa shape index (κ3) is 4.63. The van der Waals surface area contributed by atoms with Gasteiger partial charge in [0, 0.05) is 6.54 Å². The Morgan fingerprint density at radius 1 is 1.35 bits per heavy atom. The minimum Gasteiger partial charge on any atom is -0.316 e.